The standard InChI is InChI=1S/C29H32Cl3N3O4S/c1-5-27(29(37)33-19(2)3)34(17-21-8-15-25(31)26(32)16-21)28(36)18-35(23-11-6-20(4)7-12-23)40(38,39)24-13-9-22(30)10-14-24/h6-16,19,27H,5,17-18H2,1-4H3,(H,33,37)/t27-/m1/s1. The van der Waals surface area contributed by atoms with E-state index in [2.05, 4.69) is 5.32 Å². The highest BCUT2D eigenvalue weighted by Crippen LogP contribution is 2.27. The van der Waals surface area contributed by atoms with Crippen molar-refractivity contribution in [3.63, 3.8) is 0 Å². The van der Waals surface area contributed by atoms with Crippen molar-refractivity contribution in [2.75, 3.05) is 10.8 Å². The second-order valence-corrected chi connectivity index (χ2v) is 12.8. The summed E-state index contributed by atoms with van der Waals surface area (Å²) in [5, 5.41) is 3.90. The van der Waals surface area contributed by atoms with Crippen LogP contribution in [-0.4, -0.2) is 43.8 Å². The number of sulfonamides is 1. The summed E-state index contributed by atoms with van der Waals surface area (Å²) in [4.78, 5) is 28.6. The maximum Gasteiger partial charge on any atom is 0.264 e. The van der Waals surface area contributed by atoms with Gasteiger partial charge >= 0.3 is 0 Å². The van der Waals surface area contributed by atoms with Crippen molar-refractivity contribution in [1.29, 1.82) is 0 Å². The number of hydrogen-bond acceptors (Lipinski definition) is 4. The van der Waals surface area contributed by atoms with Crippen LogP contribution < -0.4 is 9.62 Å². The second kappa shape index (κ2) is 13.7. The number of benzene rings is 3. The molecule has 0 saturated carbocycles. The number of carbonyl (C=O) groups excluding carboxylic acids is 2. The van der Waals surface area contributed by atoms with Crippen LogP contribution in [0.2, 0.25) is 15.1 Å². The van der Waals surface area contributed by atoms with Crippen molar-refractivity contribution in [3.8, 4) is 0 Å². The van der Waals surface area contributed by atoms with Crippen LogP contribution in [0, 0.1) is 6.92 Å². The van der Waals surface area contributed by atoms with Crippen LogP contribution in [-0.2, 0) is 26.2 Å². The molecule has 40 heavy (non-hydrogen) atoms. The number of carbonyl (C=O) groups is 2. The van der Waals surface area contributed by atoms with Crippen molar-refractivity contribution >= 4 is 62.3 Å². The van der Waals surface area contributed by atoms with Crippen LogP contribution >= 0.6 is 34.8 Å². The minimum Gasteiger partial charge on any atom is -0.352 e. The Bertz CT molecular complexity index is 1450. The highest BCUT2D eigenvalue weighted by molar-refractivity contribution is 7.92. The lowest BCUT2D eigenvalue weighted by atomic mass is 10.1. The zero-order valence-electron chi connectivity index (χ0n) is 22.7. The Hall–Kier alpha value is -2.78. The third-order valence-electron chi connectivity index (χ3n) is 6.16. The van der Waals surface area contributed by atoms with Crippen molar-refractivity contribution in [2.45, 2.75) is 57.6 Å². The van der Waals surface area contributed by atoms with E-state index in [1.807, 2.05) is 20.8 Å². The molecule has 11 heteroatoms. The third kappa shape index (κ3) is 7.91. The summed E-state index contributed by atoms with van der Waals surface area (Å²) in [6, 6.07) is 16.5. The van der Waals surface area contributed by atoms with Gasteiger partial charge in [0.25, 0.3) is 10.0 Å². The number of nitrogens with zero attached hydrogens (tertiary/aromatic N) is 2. The molecule has 2 amide bonds. The van der Waals surface area contributed by atoms with Gasteiger partial charge < -0.3 is 10.2 Å². The zero-order valence-corrected chi connectivity index (χ0v) is 25.8. The Morgan fingerprint density at radius 3 is 2.08 bits per heavy atom. The van der Waals surface area contributed by atoms with Gasteiger partial charge in [-0.2, -0.15) is 0 Å². The number of amides is 2. The summed E-state index contributed by atoms with van der Waals surface area (Å²) in [5.41, 5.74) is 1.88. The molecule has 0 spiro atoms. The Balaban J connectivity index is 2.07. The molecule has 0 heterocycles. The van der Waals surface area contributed by atoms with Crippen molar-refractivity contribution in [1.82, 2.24) is 10.2 Å². The van der Waals surface area contributed by atoms with E-state index >= 15 is 0 Å². The van der Waals surface area contributed by atoms with Gasteiger partial charge in [0.2, 0.25) is 11.8 Å². The van der Waals surface area contributed by atoms with E-state index in [9.17, 15) is 18.0 Å². The quantitative estimate of drug-likeness (QED) is 0.265. The normalized spacial score (nSPS) is 12.2. The fourth-order valence-electron chi connectivity index (χ4n) is 4.11. The highest BCUT2D eigenvalue weighted by Gasteiger charge is 2.34. The molecule has 7 nitrogen and oxygen atoms in total. The first kappa shape index (κ1) is 31.7. The van der Waals surface area contributed by atoms with Gasteiger partial charge in [-0.05, 0) is 81.3 Å². The number of nitrogens with one attached hydrogen (secondary N) is 1. The van der Waals surface area contributed by atoms with Gasteiger partial charge in [-0.25, -0.2) is 8.42 Å². The predicted octanol–water partition coefficient (Wildman–Crippen LogP) is 6.48. The molecule has 0 bridgehead atoms. The number of rotatable bonds is 11. The molecule has 0 aliphatic carbocycles. The molecule has 0 fully saturated rings. The Morgan fingerprint density at radius 1 is 0.900 bits per heavy atom. The van der Waals surface area contributed by atoms with Gasteiger partial charge in [-0.1, -0.05) is 65.5 Å². The Labute approximate surface area is 251 Å². The summed E-state index contributed by atoms with van der Waals surface area (Å²) < 4.78 is 28.7. The molecule has 3 aromatic carbocycles. The predicted molar refractivity (Wildman–Crippen MR) is 162 cm³/mol. The molecule has 0 unspecified atom stereocenters. The Morgan fingerprint density at radius 2 is 1.52 bits per heavy atom. The van der Waals surface area contributed by atoms with Crippen LogP contribution in [0.3, 0.4) is 0 Å². The maximum atomic E-state index is 14.0. The Kier molecular flexibility index (Phi) is 10.9. The van der Waals surface area contributed by atoms with Gasteiger partial charge in [-0.3, -0.25) is 13.9 Å². The van der Waals surface area contributed by atoms with Crippen LogP contribution in [0.5, 0.6) is 0 Å². The summed E-state index contributed by atoms with van der Waals surface area (Å²) in [5.74, 6) is -0.900. The topological polar surface area (TPSA) is 86.8 Å². The fraction of sp³-hybridized carbons (Fsp3) is 0.310. The average molecular weight is 625 g/mol. The van der Waals surface area contributed by atoms with Gasteiger partial charge in [0, 0.05) is 17.6 Å². The van der Waals surface area contributed by atoms with Crippen molar-refractivity contribution in [2.24, 2.45) is 0 Å². The smallest absolute Gasteiger partial charge is 0.264 e. The monoisotopic (exact) mass is 623 g/mol. The number of hydrogen-bond donors (Lipinski definition) is 1. The summed E-state index contributed by atoms with van der Waals surface area (Å²) in [6.45, 7) is 6.80. The maximum absolute atomic E-state index is 14.0. The minimum atomic E-state index is -4.18. The van der Waals surface area contributed by atoms with E-state index < -0.39 is 28.5 Å². The summed E-state index contributed by atoms with van der Waals surface area (Å²) >= 11 is 18.3. The molecule has 0 radical (unpaired) electrons. The second-order valence-electron chi connectivity index (χ2n) is 9.66. The first-order valence-corrected chi connectivity index (χ1v) is 15.3. The summed E-state index contributed by atoms with van der Waals surface area (Å²) in [7, 11) is -4.18. The number of anilines is 1. The molecule has 0 aromatic heterocycles. The lowest BCUT2D eigenvalue weighted by Gasteiger charge is -2.33. The van der Waals surface area contributed by atoms with Gasteiger partial charge in [0.05, 0.1) is 20.6 Å². The first-order chi connectivity index (χ1) is 18.8. The lowest BCUT2D eigenvalue weighted by molar-refractivity contribution is -0.140. The van der Waals surface area contributed by atoms with Crippen LogP contribution in [0.1, 0.15) is 38.3 Å². The molecular formula is C29H32Cl3N3O4S. The highest BCUT2D eigenvalue weighted by atomic mass is 35.5. The van der Waals surface area contributed by atoms with Gasteiger partial charge in [-0.15, -0.1) is 0 Å². The zero-order chi connectivity index (χ0) is 29.6. The van der Waals surface area contributed by atoms with E-state index in [1.165, 1.54) is 29.2 Å². The number of aryl methyl sites for hydroxylation is 1. The van der Waals surface area contributed by atoms with E-state index in [0.717, 1.165) is 9.87 Å². The first-order valence-electron chi connectivity index (χ1n) is 12.7. The van der Waals surface area contributed by atoms with Crippen molar-refractivity contribution in [3.05, 3.63) is 92.9 Å². The fourth-order valence-corrected chi connectivity index (χ4v) is 5.97. The molecule has 0 aliphatic rings. The van der Waals surface area contributed by atoms with Crippen LogP contribution in [0.4, 0.5) is 5.69 Å². The molecule has 1 N–H and O–H groups in total. The van der Waals surface area contributed by atoms with Gasteiger partial charge in [0.1, 0.15) is 12.6 Å². The molecule has 214 valence electrons. The molecule has 0 aliphatic heterocycles. The average Bonchev–Trinajstić information content (AvgIpc) is 2.89. The third-order valence-corrected chi connectivity index (χ3v) is 8.94. The van der Waals surface area contributed by atoms with Crippen LogP contribution in [0.25, 0.3) is 0 Å². The summed E-state index contributed by atoms with van der Waals surface area (Å²) in [6.07, 6.45) is 0.306. The van der Waals surface area contributed by atoms with Gasteiger partial charge in [0.15, 0.2) is 0 Å². The molecule has 3 rings (SSSR count). The van der Waals surface area contributed by atoms with E-state index in [1.54, 1.807) is 49.4 Å². The van der Waals surface area contributed by atoms with Crippen LogP contribution in [0.15, 0.2) is 71.6 Å². The molecule has 3 aromatic rings. The van der Waals surface area contributed by atoms with E-state index in [-0.39, 0.29) is 23.4 Å². The SMILES string of the molecule is CC[C@H](C(=O)NC(C)C)N(Cc1ccc(Cl)c(Cl)c1)C(=O)CN(c1ccc(C)cc1)S(=O)(=O)c1ccc(Cl)cc1. The molecular weight excluding hydrogens is 593 g/mol. The van der Waals surface area contributed by atoms with E-state index in [4.69, 9.17) is 34.8 Å². The molecule has 0 saturated heterocycles. The van der Waals surface area contributed by atoms with E-state index in [0.29, 0.717) is 32.7 Å². The van der Waals surface area contributed by atoms with Crippen molar-refractivity contribution < 1.29 is 18.0 Å². The lowest BCUT2D eigenvalue weighted by Crippen LogP contribution is -2.53. The largest absolute Gasteiger partial charge is 0.352 e. The number of halogens is 3. The minimum absolute atomic E-state index is 0.0163. The molecule has 1 atom stereocenters.